The van der Waals surface area contributed by atoms with E-state index in [9.17, 15) is 0 Å². The Morgan fingerprint density at radius 1 is 1.40 bits per heavy atom. The molecule has 0 amide bonds. The standard InChI is InChI=1S/C18H15NO/c1-4-14-15-7-5-6-8-17(15)20-18(14)13(3)16-10-9-12(2)11-19-16/h4-11H,1,3H2,2H3/i2D3,9D,10D. The first-order valence-electron chi connectivity index (χ1n) is 8.56. The minimum Gasteiger partial charge on any atom is -0.455 e. The molecule has 1 aromatic carbocycles. The van der Waals surface area contributed by atoms with Crippen LogP contribution in [0.2, 0.25) is 0 Å². The molecule has 0 bridgehead atoms. The van der Waals surface area contributed by atoms with Crippen LogP contribution in [0.5, 0.6) is 0 Å². The zero-order valence-electron chi connectivity index (χ0n) is 15.7. The first-order chi connectivity index (χ1) is 11.8. The predicted octanol–water partition coefficient (Wildman–Crippen LogP) is 4.84. The third kappa shape index (κ3) is 1.95. The van der Waals surface area contributed by atoms with E-state index in [4.69, 9.17) is 11.3 Å². The van der Waals surface area contributed by atoms with Gasteiger partial charge in [0, 0.05) is 26.8 Å². The van der Waals surface area contributed by atoms with Crippen LogP contribution in [0.25, 0.3) is 22.6 Å². The summed E-state index contributed by atoms with van der Waals surface area (Å²) in [5, 5.41) is 0.852. The second-order valence-electron chi connectivity index (χ2n) is 4.29. The van der Waals surface area contributed by atoms with E-state index in [2.05, 4.69) is 18.1 Å². The fourth-order valence-corrected chi connectivity index (χ4v) is 2.07. The monoisotopic (exact) mass is 266 g/mol. The summed E-state index contributed by atoms with van der Waals surface area (Å²) in [6.45, 7) is 5.25. The van der Waals surface area contributed by atoms with E-state index in [0.29, 0.717) is 22.5 Å². The van der Waals surface area contributed by atoms with Crippen LogP contribution in [0.3, 0.4) is 0 Å². The van der Waals surface area contributed by atoms with Crippen LogP contribution >= 0.6 is 0 Å². The van der Waals surface area contributed by atoms with Crippen molar-refractivity contribution in [2.45, 2.75) is 6.85 Å². The van der Waals surface area contributed by atoms with Crippen LogP contribution in [0, 0.1) is 6.85 Å². The molecule has 98 valence electrons. The van der Waals surface area contributed by atoms with Gasteiger partial charge in [0.15, 0.2) is 0 Å². The van der Waals surface area contributed by atoms with Crippen LogP contribution in [-0.2, 0) is 0 Å². The Balaban J connectivity index is 2.17. The average Bonchev–Trinajstić information content (AvgIpc) is 2.94. The zero-order chi connectivity index (χ0) is 18.4. The second-order valence-corrected chi connectivity index (χ2v) is 4.29. The third-order valence-electron chi connectivity index (χ3n) is 3.04. The molecule has 0 atom stereocenters. The minimum atomic E-state index is -2.49. The molecule has 20 heavy (non-hydrogen) atoms. The summed E-state index contributed by atoms with van der Waals surface area (Å²) in [7, 11) is 0. The smallest absolute Gasteiger partial charge is 0.144 e. The fraction of sp³-hybridized carbons (Fsp3) is 0.0556. The first-order valence-corrected chi connectivity index (χ1v) is 6.06. The van der Waals surface area contributed by atoms with Gasteiger partial charge in [0.25, 0.3) is 0 Å². The van der Waals surface area contributed by atoms with E-state index in [0.717, 1.165) is 11.6 Å². The van der Waals surface area contributed by atoms with Gasteiger partial charge in [0.1, 0.15) is 11.3 Å². The molecule has 2 aromatic heterocycles. The van der Waals surface area contributed by atoms with E-state index >= 15 is 0 Å². The lowest BCUT2D eigenvalue weighted by atomic mass is 10.0. The van der Waals surface area contributed by atoms with Crippen LogP contribution in [-0.4, -0.2) is 4.98 Å². The third-order valence-corrected chi connectivity index (χ3v) is 3.04. The Bertz CT molecular complexity index is 1000. The molecule has 3 aromatic rings. The highest BCUT2D eigenvalue weighted by Gasteiger charge is 2.15. The van der Waals surface area contributed by atoms with Crippen molar-refractivity contribution in [1.29, 1.82) is 0 Å². The number of hydrogen-bond acceptors (Lipinski definition) is 2. The topological polar surface area (TPSA) is 26.0 Å². The molecule has 0 fully saturated rings. The van der Waals surface area contributed by atoms with Crippen molar-refractivity contribution >= 4 is 22.6 Å². The van der Waals surface area contributed by atoms with Gasteiger partial charge in [-0.3, -0.25) is 4.98 Å². The highest BCUT2D eigenvalue weighted by atomic mass is 16.3. The molecule has 0 saturated heterocycles. The SMILES string of the molecule is [2H]c1c(C([2H])([2H])[2H])cnc(C(=C)c2oc3ccccc3c2C=C)c1[2H]. The largest absolute Gasteiger partial charge is 0.455 e. The number of aryl methyl sites for hydroxylation is 1. The van der Waals surface area contributed by atoms with E-state index in [1.165, 1.54) is 0 Å². The van der Waals surface area contributed by atoms with Crippen LogP contribution in [0.1, 0.15) is 29.4 Å². The second kappa shape index (κ2) is 4.82. The lowest BCUT2D eigenvalue weighted by Gasteiger charge is -2.03. The Labute approximate surface area is 125 Å². The normalized spacial score (nSPS) is 14.9. The van der Waals surface area contributed by atoms with Gasteiger partial charge in [-0.2, -0.15) is 0 Å². The van der Waals surface area contributed by atoms with E-state index in [1.807, 2.05) is 24.3 Å². The Morgan fingerprint density at radius 3 is 3.05 bits per heavy atom. The molecule has 2 nitrogen and oxygen atoms in total. The summed E-state index contributed by atoms with van der Waals surface area (Å²) in [5.74, 6) is 0.401. The summed E-state index contributed by atoms with van der Waals surface area (Å²) in [5.41, 5.74) is 1.52. The van der Waals surface area contributed by atoms with Crippen LogP contribution < -0.4 is 0 Å². The molecule has 0 spiro atoms. The Morgan fingerprint density at radius 2 is 2.25 bits per heavy atom. The van der Waals surface area contributed by atoms with E-state index in [-0.39, 0.29) is 23.3 Å². The molecule has 0 radical (unpaired) electrons. The first kappa shape index (κ1) is 7.85. The van der Waals surface area contributed by atoms with Gasteiger partial charge in [-0.15, -0.1) is 0 Å². The average molecular weight is 266 g/mol. The Kier molecular flexibility index (Phi) is 1.89. The number of nitrogens with zero attached hydrogens (tertiary/aromatic N) is 1. The van der Waals surface area contributed by atoms with Gasteiger partial charge in [0.05, 0.1) is 8.44 Å². The van der Waals surface area contributed by atoms with E-state index < -0.39 is 6.85 Å². The molecule has 2 heterocycles. The maximum Gasteiger partial charge on any atom is 0.144 e. The quantitative estimate of drug-likeness (QED) is 0.678. The molecule has 0 N–H and O–H groups in total. The number of aromatic nitrogens is 1. The summed E-state index contributed by atoms with van der Waals surface area (Å²) < 4.78 is 44.2. The molecule has 0 aliphatic carbocycles. The molecule has 0 aliphatic rings. The van der Waals surface area contributed by atoms with Crippen LogP contribution in [0.15, 0.2) is 60.1 Å². The van der Waals surface area contributed by atoms with Crippen molar-refractivity contribution in [2.24, 2.45) is 0 Å². The van der Waals surface area contributed by atoms with Gasteiger partial charge in [0.2, 0.25) is 0 Å². The van der Waals surface area contributed by atoms with Crippen LogP contribution in [0.4, 0.5) is 0 Å². The van der Waals surface area contributed by atoms with Gasteiger partial charge in [-0.25, -0.2) is 0 Å². The van der Waals surface area contributed by atoms with Gasteiger partial charge in [-0.05, 0) is 24.5 Å². The summed E-state index contributed by atoms with van der Waals surface area (Å²) in [6, 6.07) is 6.72. The number of hydrogen-bond donors (Lipinski definition) is 0. The van der Waals surface area contributed by atoms with E-state index in [1.54, 1.807) is 6.08 Å². The van der Waals surface area contributed by atoms with Gasteiger partial charge in [-0.1, -0.05) is 43.5 Å². The Hall–Kier alpha value is -2.61. The molecule has 3 rings (SSSR count). The maximum absolute atomic E-state index is 8.13. The lowest BCUT2D eigenvalue weighted by Crippen LogP contribution is -1.90. The van der Waals surface area contributed by atoms with Crippen molar-refractivity contribution in [1.82, 2.24) is 4.98 Å². The molecular formula is C18H15NO. The number of para-hydroxylation sites is 1. The number of pyridine rings is 1. The number of rotatable bonds is 3. The minimum absolute atomic E-state index is 0.111. The van der Waals surface area contributed by atoms with Gasteiger partial charge >= 0.3 is 0 Å². The van der Waals surface area contributed by atoms with Crippen molar-refractivity contribution in [3.8, 4) is 0 Å². The van der Waals surface area contributed by atoms with Crippen molar-refractivity contribution in [2.75, 3.05) is 0 Å². The van der Waals surface area contributed by atoms with Crippen molar-refractivity contribution in [3.05, 3.63) is 78.3 Å². The number of benzene rings is 1. The molecule has 0 saturated carbocycles. The molecular weight excluding hydrogens is 246 g/mol. The maximum atomic E-state index is 8.13. The van der Waals surface area contributed by atoms with Gasteiger partial charge < -0.3 is 4.42 Å². The zero-order valence-corrected chi connectivity index (χ0v) is 10.7. The summed E-state index contributed by atoms with van der Waals surface area (Å²) in [4.78, 5) is 4.07. The fourth-order valence-electron chi connectivity index (χ4n) is 2.07. The number of furan rings is 1. The summed E-state index contributed by atoms with van der Waals surface area (Å²) >= 11 is 0. The molecule has 0 unspecified atom stereocenters. The highest BCUT2D eigenvalue weighted by molar-refractivity contribution is 5.94. The highest BCUT2D eigenvalue weighted by Crippen LogP contribution is 2.33. The van der Waals surface area contributed by atoms with Crippen molar-refractivity contribution < 1.29 is 11.3 Å². The molecule has 0 aliphatic heterocycles. The predicted molar refractivity (Wildman–Crippen MR) is 83.4 cm³/mol. The lowest BCUT2D eigenvalue weighted by molar-refractivity contribution is 0.599. The number of fused-ring (bicyclic) bond motifs is 1. The molecule has 2 heteroatoms. The van der Waals surface area contributed by atoms with Crippen molar-refractivity contribution in [3.63, 3.8) is 0 Å². The summed E-state index contributed by atoms with van der Waals surface area (Å²) in [6.07, 6.45) is 2.73.